The molecular weight excluding hydrogens is 258 g/mol. The van der Waals surface area contributed by atoms with Crippen molar-refractivity contribution in [3.63, 3.8) is 0 Å². The van der Waals surface area contributed by atoms with Gasteiger partial charge in [-0.1, -0.05) is 11.6 Å². The highest BCUT2D eigenvalue weighted by molar-refractivity contribution is 6.33. The van der Waals surface area contributed by atoms with Crippen LogP contribution in [-0.2, 0) is 14.3 Å². The Morgan fingerprint density at radius 2 is 2.17 bits per heavy atom. The number of hydrogen-bond donors (Lipinski definition) is 0. The van der Waals surface area contributed by atoms with Crippen molar-refractivity contribution in [3.05, 3.63) is 34.6 Å². The van der Waals surface area contributed by atoms with Gasteiger partial charge in [0.05, 0.1) is 24.3 Å². The van der Waals surface area contributed by atoms with Gasteiger partial charge in [-0.3, -0.25) is 4.98 Å². The fraction of sp³-hybridized carbons (Fsp3) is 0.250. The molecule has 0 aliphatic heterocycles. The zero-order valence-electron chi connectivity index (χ0n) is 9.97. The minimum Gasteiger partial charge on any atom is -0.465 e. The molecule has 0 N–H and O–H groups in total. The second-order valence-corrected chi connectivity index (χ2v) is 3.57. The van der Waals surface area contributed by atoms with Crippen LogP contribution in [0.1, 0.15) is 22.8 Å². The smallest absolute Gasteiger partial charge is 0.340 e. The fourth-order valence-electron chi connectivity index (χ4n) is 1.24. The first-order valence-corrected chi connectivity index (χ1v) is 5.54. The molecule has 18 heavy (non-hydrogen) atoms. The van der Waals surface area contributed by atoms with Crippen molar-refractivity contribution in [3.8, 4) is 0 Å². The summed E-state index contributed by atoms with van der Waals surface area (Å²) in [5, 5.41) is 0.160. The van der Waals surface area contributed by atoms with Crippen LogP contribution in [-0.4, -0.2) is 30.6 Å². The highest BCUT2D eigenvalue weighted by Crippen LogP contribution is 2.20. The molecule has 0 spiro atoms. The average Bonchev–Trinajstić information content (AvgIpc) is 2.36. The monoisotopic (exact) mass is 269 g/mol. The molecule has 0 aliphatic rings. The second-order valence-electron chi connectivity index (χ2n) is 3.16. The van der Waals surface area contributed by atoms with Gasteiger partial charge >= 0.3 is 11.9 Å². The Labute approximate surface area is 109 Å². The zero-order valence-corrected chi connectivity index (χ0v) is 10.7. The molecule has 0 amide bonds. The van der Waals surface area contributed by atoms with Crippen molar-refractivity contribution in [2.45, 2.75) is 6.92 Å². The fourth-order valence-corrected chi connectivity index (χ4v) is 1.48. The molecule has 0 saturated carbocycles. The lowest BCUT2D eigenvalue weighted by Gasteiger charge is -2.05. The van der Waals surface area contributed by atoms with Crippen molar-refractivity contribution < 1.29 is 19.1 Å². The number of ether oxygens (including phenoxy) is 2. The number of rotatable bonds is 4. The van der Waals surface area contributed by atoms with Crippen LogP contribution in [0, 0.1) is 0 Å². The van der Waals surface area contributed by atoms with E-state index in [1.54, 1.807) is 6.92 Å². The van der Waals surface area contributed by atoms with E-state index in [0.29, 0.717) is 5.56 Å². The van der Waals surface area contributed by atoms with Crippen LogP contribution in [0.5, 0.6) is 0 Å². The molecule has 0 radical (unpaired) electrons. The summed E-state index contributed by atoms with van der Waals surface area (Å²) in [5.41, 5.74) is 0.553. The molecular formula is C12H12ClNO4. The third-order valence-electron chi connectivity index (χ3n) is 2.00. The van der Waals surface area contributed by atoms with E-state index in [0.717, 1.165) is 0 Å². The molecule has 1 aromatic rings. The Kier molecular flexibility index (Phi) is 5.32. The molecule has 0 unspecified atom stereocenters. The molecule has 1 rings (SSSR count). The first-order chi connectivity index (χ1) is 8.60. The summed E-state index contributed by atoms with van der Waals surface area (Å²) in [5.74, 6) is -1.10. The third kappa shape index (κ3) is 3.56. The van der Waals surface area contributed by atoms with Gasteiger partial charge in [0.25, 0.3) is 0 Å². The molecule has 5 nitrogen and oxygen atoms in total. The van der Waals surface area contributed by atoms with E-state index in [4.69, 9.17) is 16.3 Å². The molecule has 0 aromatic carbocycles. The van der Waals surface area contributed by atoms with Crippen molar-refractivity contribution in [1.82, 2.24) is 4.98 Å². The summed E-state index contributed by atoms with van der Waals surface area (Å²) < 4.78 is 9.34. The van der Waals surface area contributed by atoms with Gasteiger partial charge in [0.15, 0.2) is 0 Å². The highest BCUT2D eigenvalue weighted by Gasteiger charge is 2.15. The summed E-state index contributed by atoms with van der Waals surface area (Å²) >= 11 is 5.87. The minimum atomic E-state index is -0.592. The molecule has 6 heteroatoms. The molecule has 0 saturated heterocycles. The Morgan fingerprint density at radius 1 is 1.44 bits per heavy atom. The number of esters is 2. The molecule has 0 fully saturated rings. The maximum Gasteiger partial charge on any atom is 0.340 e. The molecule has 96 valence electrons. The summed E-state index contributed by atoms with van der Waals surface area (Å²) in [6.07, 6.45) is 5.34. The first kappa shape index (κ1) is 14.2. The van der Waals surface area contributed by atoms with E-state index in [9.17, 15) is 9.59 Å². The van der Waals surface area contributed by atoms with E-state index in [-0.39, 0.29) is 17.2 Å². The van der Waals surface area contributed by atoms with Gasteiger partial charge in [-0.2, -0.15) is 0 Å². The van der Waals surface area contributed by atoms with Crippen LogP contribution < -0.4 is 0 Å². The van der Waals surface area contributed by atoms with E-state index in [2.05, 4.69) is 9.72 Å². The maximum absolute atomic E-state index is 11.5. The van der Waals surface area contributed by atoms with E-state index in [1.165, 1.54) is 31.7 Å². The van der Waals surface area contributed by atoms with Crippen molar-refractivity contribution >= 4 is 29.6 Å². The van der Waals surface area contributed by atoms with Gasteiger partial charge in [-0.05, 0) is 13.0 Å². The van der Waals surface area contributed by atoms with E-state index in [1.807, 2.05) is 0 Å². The SMILES string of the molecule is CCOC(=O)/C=C/c1cncc(Cl)c1C(=O)OC. The Hall–Kier alpha value is -1.88. The number of halogens is 1. The topological polar surface area (TPSA) is 65.5 Å². The second kappa shape index (κ2) is 6.76. The van der Waals surface area contributed by atoms with Gasteiger partial charge in [-0.15, -0.1) is 0 Å². The van der Waals surface area contributed by atoms with Crippen molar-refractivity contribution in [2.75, 3.05) is 13.7 Å². The summed E-state index contributed by atoms with van der Waals surface area (Å²) in [4.78, 5) is 26.6. The molecule has 0 bridgehead atoms. The van der Waals surface area contributed by atoms with Crippen LogP contribution >= 0.6 is 11.6 Å². The lowest BCUT2D eigenvalue weighted by molar-refractivity contribution is -0.137. The number of aromatic nitrogens is 1. The Morgan fingerprint density at radius 3 is 2.78 bits per heavy atom. The molecule has 0 atom stereocenters. The number of carbonyl (C=O) groups excluding carboxylic acids is 2. The number of carbonyl (C=O) groups is 2. The third-order valence-corrected chi connectivity index (χ3v) is 2.29. The van der Waals surface area contributed by atoms with E-state index >= 15 is 0 Å². The lowest BCUT2D eigenvalue weighted by Crippen LogP contribution is -2.06. The Balaban J connectivity index is 3.05. The minimum absolute atomic E-state index is 0.160. The summed E-state index contributed by atoms with van der Waals surface area (Å²) in [7, 11) is 1.25. The van der Waals surface area contributed by atoms with Gasteiger partial charge in [-0.25, -0.2) is 9.59 Å². The van der Waals surface area contributed by atoms with Crippen LogP contribution in [0.15, 0.2) is 18.5 Å². The van der Waals surface area contributed by atoms with Crippen LogP contribution in [0.2, 0.25) is 5.02 Å². The van der Waals surface area contributed by atoms with Gasteiger partial charge in [0.1, 0.15) is 0 Å². The maximum atomic E-state index is 11.5. The van der Waals surface area contributed by atoms with Crippen LogP contribution in [0.3, 0.4) is 0 Å². The van der Waals surface area contributed by atoms with Gasteiger partial charge in [0.2, 0.25) is 0 Å². The predicted octanol–water partition coefficient (Wildman–Crippen LogP) is 2.10. The predicted molar refractivity (Wildman–Crippen MR) is 66.3 cm³/mol. The van der Waals surface area contributed by atoms with E-state index < -0.39 is 11.9 Å². The quantitative estimate of drug-likeness (QED) is 0.619. The standard InChI is InChI=1S/C12H12ClNO4/c1-3-18-10(15)5-4-8-6-14-7-9(13)11(8)12(16)17-2/h4-7H,3H2,1-2H3/b5-4+. The van der Waals surface area contributed by atoms with Crippen LogP contribution in [0.25, 0.3) is 6.08 Å². The van der Waals surface area contributed by atoms with Gasteiger partial charge in [0, 0.05) is 24.0 Å². The normalized spacial score (nSPS) is 10.4. The molecule has 1 heterocycles. The Bertz CT molecular complexity index is 485. The number of pyridine rings is 1. The molecule has 0 aliphatic carbocycles. The lowest BCUT2D eigenvalue weighted by atomic mass is 10.1. The molecule has 1 aromatic heterocycles. The average molecular weight is 270 g/mol. The number of hydrogen-bond acceptors (Lipinski definition) is 5. The highest BCUT2D eigenvalue weighted by atomic mass is 35.5. The van der Waals surface area contributed by atoms with Crippen molar-refractivity contribution in [1.29, 1.82) is 0 Å². The number of nitrogens with zero attached hydrogens (tertiary/aromatic N) is 1. The number of methoxy groups -OCH3 is 1. The first-order valence-electron chi connectivity index (χ1n) is 5.16. The van der Waals surface area contributed by atoms with Gasteiger partial charge < -0.3 is 9.47 Å². The summed E-state index contributed by atoms with van der Waals surface area (Å²) in [6.45, 7) is 1.98. The van der Waals surface area contributed by atoms with Crippen LogP contribution in [0.4, 0.5) is 0 Å². The largest absolute Gasteiger partial charge is 0.465 e. The zero-order chi connectivity index (χ0) is 13.5. The van der Waals surface area contributed by atoms with Crippen molar-refractivity contribution in [2.24, 2.45) is 0 Å². The summed E-state index contributed by atoms with van der Waals surface area (Å²) in [6, 6.07) is 0.